The molecule has 0 atom stereocenters. The third kappa shape index (κ3) is 4.51. The van der Waals surface area contributed by atoms with E-state index in [0.29, 0.717) is 21.9 Å². The van der Waals surface area contributed by atoms with E-state index in [1.54, 1.807) is 6.07 Å². The van der Waals surface area contributed by atoms with Crippen molar-refractivity contribution in [2.75, 3.05) is 19.0 Å². The number of halogens is 4. The zero-order valence-electron chi connectivity index (χ0n) is 13.3. The van der Waals surface area contributed by atoms with Gasteiger partial charge in [-0.25, -0.2) is 0 Å². The summed E-state index contributed by atoms with van der Waals surface area (Å²) in [6.45, 7) is -0.284. The molecule has 2 aromatic rings. The second-order valence-electron chi connectivity index (χ2n) is 5.11. The van der Waals surface area contributed by atoms with Crippen molar-refractivity contribution in [3.8, 4) is 5.75 Å². The second-order valence-corrected chi connectivity index (χ2v) is 5.97. The molecule has 0 aliphatic carbocycles. The molecule has 10 heteroatoms. The van der Waals surface area contributed by atoms with Crippen LogP contribution in [0.2, 0.25) is 0 Å². The summed E-state index contributed by atoms with van der Waals surface area (Å²) in [6.07, 6.45) is -4.88. The van der Waals surface area contributed by atoms with Gasteiger partial charge in [-0.15, -0.1) is 0 Å². The summed E-state index contributed by atoms with van der Waals surface area (Å²) in [4.78, 5) is 21.8. The first-order chi connectivity index (χ1) is 12.1. The van der Waals surface area contributed by atoms with Crippen LogP contribution in [0.15, 0.2) is 40.9 Å². The van der Waals surface area contributed by atoms with Gasteiger partial charge >= 0.3 is 6.18 Å². The maximum Gasteiger partial charge on any atom is 0.423 e. The van der Waals surface area contributed by atoms with E-state index >= 15 is 0 Å². The van der Waals surface area contributed by atoms with E-state index < -0.39 is 22.4 Å². The fourth-order valence-corrected chi connectivity index (χ4v) is 2.70. The molecule has 0 fully saturated rings. The van der Waals surface area contributed by atoms with Gasteiger partial charge in [-0.2, -0.15) is 13.2 Å². The van der Waals surface area contributed by atoms with Crippen molar-refractivity contribution >= 4 is 33.1 Å². The highest BCUT2D eigenvalue weighted by Crippen LogP contribution is 2.37. The predicted molar refractivity (Wildman–Crippen MR) is 91.6 cm³/mol. The Bertz CT molecular complexity index is 856. The molecule has 0 radical (unpaired) electrons. The lowest BCUT2D eigenvalue weighted by Crippen LogP contribution is -2.15. The van der Waals surface area contributed by atoms with Crippen LogP contribution in [0.25, 0.3) is 0 Å². The summed E-state index contributed by atoms with van der Waals surface area (Å²) in [5.74, 6) is 0.153. The van der Waals surface area contributed by atoms with Crippen LogP contribution >= 0.6 is 15.9 Å². The summed E-state index contributed by atoms with van der Waals surface area (Å²) in [5.41, 5.74) is -2.16. The lowest BCUT2D eigenvalue weighted by molar-refractivity contribution is -0.388. The average Bonchev–Trinajstić information content (AvgIpc) is 2.58. The molecule has 138 valence electrons. The number of nitro benzene ring substituents is 1. The highest BCUT2D eigenvalue weighted by molar-refractivity contribution is 9.10. The zero-order valence-corrected chi connectivity index (χ0v) is 14.8. The van der Waals surface area contributed by atoms with E-state index in [4.69, 9.17) is 4.74 Å². The molecule has 26 heavy (non-hydrogen) atoms. The number of hydrogen-bond acceptors (Lipinski definition) is 5. The summed E-state index contributed by atoms with van der Waals surface area (Å²) in [6, 6.07) is 7.09. The molecule has 2 rings (SSSR count). The topological polar surface area (TPSA) is 81.5 Å². The average molecular weight is 433 g/mol. The highest BCUT2D eigenvalue weighted by Gasteiger charge is 2.38. The molecule has 0 heterocycles. The largest absolute Gasteiger partial charge is 0.496 e. The first kappa shape index (κ1) is 19.7. The molecule has 0 saturated carbocycles. The number of anilines is 1. The number of carbonyl (C=O) groups excluding carboxylic acids is 1. The van der Waals surface area contributed by atoms with Gasteiger partial charge in [0.25, 0.3) is 5.69 Å². The van der Waals surface area contributed by atoms with E-state index in [0.717, 1.165) is 12.1 Å². The standard InChI is InChI=1S/C16H12BrF3N2O4/c1-26-15-5-2-9(6-12(15)17)14(23)8-21-10-3-4-13(22(24)25)11(7-10)16(18,19)20/h2-7,21H,8H2,1H3. The fourth-order valence-electron chi connectivity index (χ4n) is 2.16. The van der Waals surface area contributed by atoms with Crippen molar-refractivity contribution in [3.63, 3.8) is 0 Å². The predicted octanol–water partition coefficient (Wildman–Crippen LogP) is 4.68. The minimum atomic E-state index is -4.88. The van der Waals surface area contributed by atoms with Gasteiger partial charge in [0.2, 0.25) is 0 Å². The van der Waals surface area contributed by atoms with Crippen LogP contribution in [-0.4, -0.2) is 24.4 Å². The van der Waals surface area contributed by atoms with Crippen LogP contribution in [0.4, 0.5) is 24.5 Å². The van der Waals surface area contributed by atoms with Crippen molar-refractivity contribution < 1.29 is 27.6 Å². The summed E-state index contributed by atoms with van der Waals surface area (Å²) >= 11 is 3.24. The van der Waals surface area contributed by atoms with Crippen molar-refractivity contribution in [2.24, 2.45) is 0 Å². The van der Waals surface area contributed by atoms with Gasteiger partial charge < -0.3 is 10.1 Å². The van der Waals surface area contributed by atoms with Gasteiger partial charge in [-0.3, -0.25) is 14.9 Å². The number of nitro groups is 1. The molecule has 0 aromatic heterocycles. The maximum atomic E-state index is 13.0. The van der Waals surface area contributed by atoms with Crippen LogP contribution in [-0.2, 0) is 6.18 Å². The monoisotopic (exact) mass is 432 g/mol. The number of ketones is 1. The molecule has 0 bridgehead atoms. The van der Waals surface area contributed by atoms with Gasteiger partial charge in [0, 0.05) is 17.3 Å². The normalized spacial score (nSPS) is 11.1. The smallest absolute Gasteiger partial charge is 0.423 e. The molecule has 1 N–H and O–H groups in total. The SMILES string of the molecule is COc1ccc(C(=O)CNc2ccc([N+](=O)[O-])c(C(F)(F)F)c2)cc1Br. The van der Waals surface area contributed by atoms with E-state index in [9.17, 15) is 28.1 Å². The number of hydrogen-bond donors (Lipinski definition) is 1. The quantitative estimate of drug-likeness (QED) is 0.407. The second kappa shape index (κ2) is 7.73. The third-order valence-electron chi connectivity index (χ3n) is 3.43. The molecule has 0 amide bonds. The van der Waals surface area contributed by atoms with Crippen molar-refractivity contribution in [2.45, 2.75) is 6.18 Å². The van der Waals surface area contributed by atoms with Gasteiger partial charge in [-0.1, -0.05) is 0 Å². The summed E-state index contributed by atoms with van der Waals surface area (Å²) < 4.78 is 44.5. The number of nitrogens with one attached hydrogen (secondary N) is 1. The molecule has 0 aliphatic heterocycles. The number of alkyl halides is 3. The Balaban J connectivity index is 2.18. The van der Waals surface area contributed by atoms with Crippen molar-refractivity contribution in [1.29, 1.82) is 0 Å². The fraction of sp³-hybridized carbons (Fsp3) is 0.188. The van der Waals surface area contributed by atoms with Crippen molar-refractivity contribution in [3.05, 3.63) is 62.1 Å². The van der Waals surface area contributed by atoms with Gasteiger partial charge in [0.1, 0.15) is 11.3 Å². The number of carbonyl (C=O) groups is 1. The molecular formula is C16H12BrF3N2O4. The van der Waals surface area contributed by atoms with Crippen LogP contribution in [0.3, 0.4) is 0 Å². The molecule has 0 unspecified atom stereocenters. The van der Waals surface area contributed by atoms with Gasteiger partial charge in [0.15, 0.2) is 5.78 Å². The Morgan fingerprint density at radius 3 is 2.50 bits per heavy atom. The number of Topliss-reactive ketones (excluding diaryl/α,β-unsaturated/α-hetero) is 1. The maximum absolute atomic E-state index is 13.0. The molecule has 0 saturated heterocycles. The third-order valence-corrected chi connectivity index (χ3v) is 4.05. The van der Waals surface area contributed by atoms with Gasteiger partial charge in [-0.05, 0) is 46.3 Å². The molecule has 0 spiro atoms. The van der Waals surface area contributed by atoms with E-state index in [-0.39, 0.29) is 18.0 Å². The Morgan fingerprint density at radius 2 is 1.96 bits per heavy atom. The minimum absolute atomic E-state index is 0.0520. The first-order valence-electron chi connectivity index (χ1n) is 7.09. The lowest BCUT2D eigenvalue weighted by Gasteiger charge is -2.11. The first-order valence-corrected chi connectivity index (χ1v) is 7.89. The molecule has 6 nitrogen and oxygen atoms in total. The Labute approximate surface area is 154 Å². The Kier molecular flexibility index (Phi) is 5.86. The molecule has 0 aliphatic rings. The Morgan fingerprint density at radius 1 is 1.27 bits per heavy atom. The zero-order chi connectivity index (χ0) is 19.5. The van der Waals surface area contributed by atoms with Crippen LogP contribution in [0.5, 0.6) is 5.75 Å². The highest BCUT2D eigenvalue weighted by atomic mass is 79.9. The number of ether oxygens (including phenoxy) is 1. The van der Waals surface area contributed by atoms with Crippen LogP contribution in [0, 0.1) is 10.1 Å². The summed E-state index contributed by atoms with van der Waals surface area (Å²) in [5, 5.41) is 13.3. The number of nitrogens with zero attached hydrogens (tertiary/aromatic N) is 1. The number of benzene rings is 2. The van der Waals surface area contributed by atoms with E-state index in [1.165, 1.54) is 19.2 Å². The van der Waals surface area contributed by atoms with Crippen LogP contribution < -0.4 is 10.1 Å². The number of methoxy groups -OCH3 is 1. The van der Waals surface area contributed by atoms with E-state index in [1.807, 2.05) is 0 Å². The molecule has 2 aromatic carbocycles. The summed E-state index contributed by atoms with van der Waals surface area (Å²) in [7, 11) is 1.47. The number of rotatable bonds is 6. The lowest BCUT2D eigenvalue weighted by atomic mass is 10.1. The van der Waals surface area contributed by atoms with Crippen LogP contribution in [0.1, 0.15) is 15.9 Å². The minimum Gasteiger partial charge on any atom is -0.496 e. The molecular weight excluding hydrogens is 421 g/mol. The van der Waals surface area contributed by atoms with Crippen molar-refractivity contribution in [1.82, 2.24) is 0 Å². The Hall–Kier alpha value is -2.62. The van der Waals surface area contributed by atoms with E-state index in [2.05, 4.69) is 21.2 Å². The van der Waals surface area contributed by atoms with Gasteiger partial charge in [0.05, 0.1) is 23.1 Å².